The van der Waals surface area contributed by atoms with Crippen molar-refractivity contribution in [2.75, 3.05) is 17.7 Å². The fourth-order valence-electron chi connectivity index (χ4n) is 2.38. The number of ether oxygens (including phenoxy) is 1. The molecule has 1 amide bonds. The molecule has 0 fully saturated rings. The molecule has 0 bridgehead atoms. The Balaban J connectivity index is 1.73. The molecule has 0 aliphatic heterocycles. The SMILES string of the molecule is COC(=O)c1ccccc1Nc1ncc(C(=O)Nc2cccc(C#N)c2)cn1. The lowest BCUT2D eigenvalue weighted by atomic mass is 10.2. The summed E-state index contributed by atoms with van der Waals surface area (Å²) >= 11 is 0. The van der Waals surface area contributed by atoms with Crippen molar-refractivity contribution in [3.63, 3.8) is 0 Å². The molecule has 3 aromatic rings. The van der Waals surface area contributed by atoms with E-state index in [9.17, 15) is 9.59 Å². The summed E-state index contributed by atoms with van der Waals surface area (Å²) in [4.78, 5) is 32.3. The molecule has 1 heterocycles. The van der Waals surface area contributed by atoms with Gasteiger partial charge >= 0.3 is 5.97 Å². The van der Waals surface area contributed by atoms with E-state index in [-0.39, 0.29) is 11.5 Å². The van der Waals surface area contributed by atoms with Crippen LogP contribution in [-0.2, 0) is 4.74 Å². The molecule has 2 N–H and O–H groups in total. The van der Waals surface area contributed by atoms with E-state index in [4.69, 9.17) is 10.00 Å². The zero-order chi connectivity index (χ0) is 19.9. The minimum atomic E-state index is -0.487. The van der Waals surface area contributed by atoms with Gasteiger partial charge in [-0.15, -0.1) is 0 Å². The zero-order valence-corrected chi connectivity index (χ0v) is 14.8. The topological polar surface area (TPSA) is 117 Å². The standard InChI is InChI=1S/C20H15N5O3/c1-28-19(27)16-7-2-3-8-17(16)25-20-22-11-14(12-23-20)18(26)24-15-6-4-5-13(9-15)10-21/h2-9,11-12H,1H3,(H,24,26)(H,22,23,25). The van der Waals surface area contributed by atoms with Crippen molar-refractivity contribution >= 4 is 29.2 Å². The highest BCUT2D eigenvalue weighted by Gasteiger charge is 2.13. The third-order valence-electron chi connectivity index (χ3n) is 3.74. The van der Waals surface area contributed by atoms with Crippen LogP contribution in [0, 0.1) is 11.3 Å². The van der Waals surface area contributed by atoms with E-state index >= 15 is 0 Å². The Bertz CT molecular complexity index is 1060. The van der Waals surface area contributed by atoms with Crippen LogP contribution >= 0.6 is 0 Å². The second kappa shape index (κ2) is 8.42. The quantitative estimate of drug-likeness (QED) is 0.660. The molecule has 0 atom stereocenters. The number of nitriles is 1. The van der Waals surface area contributed by atoms with Gasteiger partial charge in [-0.3, -0.25) is 4.79 Å². The van der Waals surface area contributed by atoms with E-state index in [0.717, 1.165) is 0 Å². The number of hydrogen-bond donors (Lipinski definition) is 2. The highest BCUT2D eigenvalue weighted by atomic mass is 16.5. The van der Waals surface area contributed by atoms with Crippen LogP contribution < -0.4 is 10.6 Å². The van der Waals surface area contributed by atoms with E-state index in [1.54, 1.807) is 48.5 Å². The van der Waals surface area contributed by atoms with Crippen molar-refractivity contribution in [3.8, 4) is 6.07 Å². The first-order chi connectivity index (χ1) is 13.6. The molecule has 0 aliphatic carbocycles. The number of nitrogens with one attached hydrogen (secondary N) is 2. The normalized spacial score (nSPS) is 9.86. The number of methoxy groups -OCH3 is 1. The molecule has 138 valence electrons. The maximum Gasteiger partial charge on any atom is 0.339 e. The molecule has 3 rings (SSSR count). The van der Waals surface area contributed by atoms with E-state index in [1.165, 1.54) is 19.5 Å². The minimum absolute atomic E-state index is 0.222. The van der Waals surface area contributed by atoms with Crippen LogP contribution in [0.3, 0.4) is 0 Å². The van der Waals surface area contributed by atoms with E-state index in [2.05, 4.69) is 20.6 Å². The second-order valence-electron chi connectivity index (χ2n) is 5.60. The van der Waals surface area contributed by atoms with Crippen molar-refractivity contribution in [1.29, 1.82) is 5.26 Å². The summed E-state index contributed by atoms with van der Waals surface area (Å²) in [7, 11) is 1.30. The first kappa shape index (κ1) is 18.5. The number of esters is 1. The van der Waals surface area contributed by atoms with Crippen LogP contribution in [0.15, 0.2) is 60.9 Å². The second-order valence-corrected chi connectivity index (χ2v) is 5.60. The molecule has 0 radical (unpaired) electrons. The number of carbonyl (C=O) groups excluding carboxylic acids is 2. The number of para-hydroxylation sites is 1. The molecule has 0 saturated heterocycles. The van der Waals surface area contributed by atoms with Crippen LogP contribution in [0.25, 0.3) is 0 Å². The van der Waals surface area contributed by atoms with Gasteiger partial charge in [-0.1, -0.05) is 18.2 Å². The lowest BCUT2D eigenvalue weighted by Crippen LogP contribution is -2.13. The summed E-state index contributed by atoms with van der Waals surface area (Å²) in [5, 5.41) is 14.5. The lowest BCUT2D eigenvalue weighted by Gasteiger charge is -2.09. The van der Waals surface area contributed by atoms with Crippen LogP contribution in [-0.4, -0.2) is 29.0 Å². The Kier molecular flexibility index (Phi) is 5.58. The largest absolute Gasteiger partial charge is 0.465 e. The van der Waals surface area contributed by atoms with Gasteiger partial charge in [0.1, 0.15) is 0 Å². The fraction of sp³-hybridized carbons (Fsp3) is 0.0500. The van der Waals surface area contributed by atoms with Crippen molar-refractivity contribution in [2.24, 2.45) is 0 Å². The number of hydrogen-bond acceptors (Lipinski definition) is 7. The number of carbonyl (C=O) groups is 2. The van der Waals surface area contributed by atoms with Crippen LogP contribution in [0.1, 0.15) is 26.3 Å². The molecule has 0 aliphatic rings. The predicted octanol–water partition coefficient (Wildman–Crippen LogP) is 3.13. The van der Waals surface area contributed by atoms with E-state index in [1.807, 2.05) is 6.07 Å². The van der Waals surface area contributed by atoms with Gasteiger partial charge in [-0.05, 0) is 30.3 Å². The monoisotopic (exact) mass is 373 g/mol. The smallest absolute Gasteiger partial charge is 0.339 e. The first-order valence-electron chi connectivity index (χ1n) is 8.18. The number of nitrogens with zero attached hydrogens (tertiary/aromatic N) is 3. The number of benzene rings is 2. The molecule has 2 aromatic carbocycles. The van der Waals surface area contributed by atoms with Gasteiger partial charge in [0, 0.05) is 18.1 Å². The van der Waals surface area contributed by atoms with Crippen LogP contribution in [0.5, 0.6) is 0 Å². The summed E-state index contributed by atoms with van der Waals surface area (Å²) in [6.07, 6.45) is 2.72. The van der Waals surface area contributed by atoms with Crippen LogP contribution in [0.4, 0.5) is 17.3 Å². The average molecular weight is 373 g/mol. The van der Waals surface area contributed by atoms with Gasteiger partial charge in [-0.25, -0.2) is 14.8 Å². The summed E-state index contributed by atoms with van der Waals surface area (Å²) in [6.45, 7) is 0. The lowest BCUT2D eigenvalue weighted by molar-refractivity contribution is 0.0601. The first-order valence-corrected chi connectivity index (χ1v) is 8.18. The third-order valence-corrected chi connectivity index (χ3v) is 3.74. The van der Waals surface area contributed by atoms with Gasteiger partial charge in [0.05, 0.1) is 35.6 Å². The number of amides is 1. The highest BCUT2D eigenvalue weighted by molar-refractivity contribution is 6.04. The highest BCUT2D eigenvalue weighted by Crippen LogP contribution is 2.19. The Morgan fingerprint density at radius 2 is 1.82 bits per heavy atom. The Morgan fingerprint density at radius 3 is 2.54 bits per heavy atom. The van der Waals surface area contributed by atoms with Gasteiger partial charge in [0.15, 0.2) is 0 Å². The number of aromatic nitrogens is 2. The Labute approximate surface area is 160 Å². The number of rotatable bonds is 5. The van der Waals surface area contributed by atoms with Crippen molar-refractivity contribution in [3.05, 3.63) is 77.6 Å². The Morgan fingerprint density at radius 1 is 1.07 bits per heavy atom. The van der Waals surface area contributed by atoms with Crippen molar-refractivity contribution in [1.82, 2.24) is 9.97 Å². The summed E-state index contributed by atoms with van der Waals surface area (Å²) in [5.74, 6) is -0.672. The molecule has 0 saturated carbocycles. The molecule has 0 spiro atoms. The molecule has 8 nitrogen and oxygen atoms in total. The summed E-state index contributed by atoms with van der Waals surface area (Å²) in [5.41, 5.74) is 2.01. The van der Waals surface area contributed by atoms with Crippen LogP contribution in [0.2, 0.25) is 0 Å². The van der Waals surface area contributed by atoms with Gasteiger partial charge in [0.25, 0.3) is 5.91 Å². The molecule has 0 unspecified atom stereocenters. The maximum absolute atomic E-state index is 12.3. The zero-order valence-electron chi connectivity index (χ0n) is 14.8. The van der Waals surface area contributed by atoms with Crippen molar-refractivity contribution < 1.29 is 14.3 Å². The summed E-state index contributed by atoms with van der Waals surface area (Å²) < 4.78 is 4.75. The van der Waals surface area contributed by atoms with Crippen molar-refractivity contribution in [2.45, 2.75) is 0 Å². The van der Waals surface area contributed by atoms with E-state index in [0.29, 0.717) is 22.5 Å². The number of anilines is 3. The summed E-state index contributed by atoms with van der Waals surface area (Å²) in [6, 6.07) is 15.4. The molecular weight excluding hydrogens is 358 g/mol. The van der Waals surface area contributed by atoms with E-state index < -0.39 is 11.9 Å². The maximum atomic E-state index is 12.3. The van der Waals surface area contributed by atoms with Gasteiger partial charge in [-0.2, -0.15) is 5.26 Å². The fourth-order valence-corrected chi connectivity index (χ4v) is 2.38. The molecule has 28 heavy (non-hydrogen) atoms. The minimum Gasteiger partial charge on any atom is -0.465 e. The van der Waals surface area contributed by atoms with Gasteiger partial charge in [0.2, 0.25) is 5.95 Å². The average Bonchev–Trinajstić information content (AvgIpc) is 2.74. The Hall–Kier alpha value is -4.25. The predicted molar refractivity (Wildman–Crippen MR) is 102 cm³/mol. The third kappa shape index (κ3) is 4.28. The molecular formula is C20H15N5O3. The molecule has 1 aromatic heterocycles. The molecule has 8 heteroatoms. The van der Waals surface area contributed by atoms with Gasteiger partial charge < -0.3 is 15.4 Å².